The van der Waals surface area contributed by atoms with Crippen molar-refractivity contribution in [2.75, 3.05) is 11.1 Å². The molecule has 2 rings (SSSR count). The normalized spacial score (nSPS) is 10.1. The number of nitrogens with one attached hydrogen (secondary N) is 1. The van der Waals surface area contributed by atoms with Gasteiger partial charge in [-0.3, -0.25) is 0 Å². The van der Waals surface area contributed by atoms with Crippen molar-refractivity contribution in [1.82, 2.24) is 4.98 Å². The zero-order valence-electron chi connectivity index (χ0n) is 8.87. The van der Waals surface area contributed by atoms with Crippen LogP contribution in [0.1, 0.15) is 5.56 Å². The van der Waals surface area contributed by atoms with Gasteiger partial charge in [-0.2, -0.15) is 0 Å². The second kappa shape index (κ2) is 4.53. The summed E-state index contributed by atoms with van der Waals surface area (Å²) in [5.74, 6) is 0.673. The maximum Gasteiger partial charge on any atom is 0.153 e. The van der Waals surface area contributed by atoms with Crippen LogP contribution < -0.4 is 11.1 Å². The van der Waals surface area contributed by atoms with Gasteiger partial charge in [-0.1, -0.05) is 17.7 Å². The van der Waals surface area contributed by atoms with Gasteiger partial charge in [0.15, 0.2) is 5.82 Å². The molecule has 1 heterocycles. The number of hydrogen-bond donors (Lipinski definition) is 2. The highest BCUT2D eigenvalue weighted by Gasteiger charge is 2.01. The minimum absolute atomic E-state index is 0.620. The van der Waals surface area contributed by atoms with E-state index in [4.69, 9.17) is 5.73 Å². The predicted molar refractivity (Wildman–Crippen MR) is 70.8 cm³/mol. The van der Waals surface area contributed by atoms with Crippen molar-refractivity contribution in [1.29, 1.82) is 0 Å². The predicted octanol–water partition coefficient (Wildman–Crippen LogP) is 3.48. The SMILES string of the molecule is Cc1ccc(Nc2ncc(Br)cc2N)cc1. The summed E-state index contributed by atoms with van der Waals surface area (Å²) in [6.45, 7) is 2.05. The van der Waals surface area contributed by atoms with Crippen molar-refractivity contribution in [2.24, 2.45) is 0 Å². The lowest BCUT2D eigenvalue weighted by Crippen LogP contribution is -1.98. The molecule has 2 aromatic rings. The molecule has 4 heteroatoms. The van der Waals surface area contributed by atoms with Gasteiger partial charge >= 0.3 is 0 Å². The van der Waals surface area contributed by atoms with Crippen LogP contribution in [0.4, 0.5) is 17.2 Å². The van der Waals surface area contributed by atoms with Crippen molar-refractivity contribution < 1.29 is 0 Å². The Morgan fingerprint density at radius 3 is 2.56 bits per heavy atom. The number of pyridine rings is 1. The molecule has 0 unspecified atom stereocenters. The highest BCUT2D eigenvalue weighted by molar-refractivity contribution is 9.10. The third-order valence-electron chi connectivity index (χ3n) is 2.20. The molecule has 0 saturated heterocycles. The van der Waals surface area contributed by atoms with Gasteiger partial charge in [0.1, 0.15) is 0 Å². The van der Waals surface area contributed by atoms with E-state index in [0.29, 0.717) is 11.5 Å². The molecular weight excluding hydrogens is 266 g/mol. The minimum Gasteiger partial charge on any atom is -0.396 e. The van der Waals surface area contributed by atoms with Gasteiger partial charge in [-0.25, -0.2) is 4.98 Å². The number of hydrogen-bond acceptors (Lipinski definition) is 3. The average molecular weight is 278 g/mol. The van der Waals surface area contributed by atoms with Crippen LogP contribution in [-0.4, -0.2) is 4.98 Å². The Kier molecular flexibility index (Phi) is 3.10. The van der Waals surface area contributed by atoms with Crippen molar-refractivity contribution in [3.8, 4) is 0 Å². The molecule has 1 aromatic heterocycles. The molecular formula is C12H12BrN3. The summed E-state index contributed by atoms with van der Waals surface area (Å²) >= 11 is 3.32. The maximum atomic E-state index is 5.84. The van der Waals surface area contributed by atoms with Crippen LogP contribution in [0, 0.1) is 6.92 Å². The topological polar surface area (TPSA) is 50.9 Å². The molecule has 0 amide bonds. The minimum atomic E-state index is 0.620. The molecule has 0 fully saturated rings. The second-order valence-electron chi connectivity index (χ2n) is 3.58. The molecule has 0 aliphatic heterocycles. The molecule has 3 nitrogen and oxygen atoms in total. The monoisotopic (exact) mass is 277 g/mol. The first-order chi connectivity index (χ1) is 7.65. The number of halogens is 1. The van der Waals surface area contributed by atoms with Crippen LogP contribution in [-0.2, 0) is 0 Å². The van der Waals surface area contributed by atoms with Crippen molar-refractivity contribution in [2.45, 2.75) is 6.92 Å². The molecule has 0 saturated carbocycles. The van der Waals surface area contributed by atoms with E-state index < -0.39 is 0 Å². The number of benzene rings is 1. The molecule has 82 valence electrons. The van der Waals surface area contributed by atoms with Gasteiger partial charge in [-0.05, 0) is 41.1 Å². The van der Waals surface area contributed by atoms with E-state index >= 15 is 0 Å². The lowest BCUT2D eigenvalue weighted by atomic mass is 10.2. The zero-order valence-corrected chi connectivity index (χ0v) is 10.5. The number of aryl methyl sites for hydroxylation is 1. The quantitative estimate of drug-likeness (QED) is 0.884. The third-order valence-corrected chi connectivity index (χ3v) is 2.63. The van der Waals surface area contributed by atoms with Crippen LogP contribution in [0.15, 0.2) is 41.0 Å². The fourth-order valence-electron chi connectivity index (χ4n) is 1.33. The summed E-state index contributed by atoms with van der Waals surface area (Å²) in [6, 6.07) is 9.90. The van der Waals surface area contributed by atoms with E-state index in [1.807, 2.05) is 30.3 Å². The van der Waals surface area contributed by atoms with Crippen LogP contribution in [0.25, 0.3) is 0 Å². The van der Waals surface area contributed by atoms with Gasteiger partial charge in [0.25, 0.3) is 0 Å². The van der Waals surface area contributed by atoms with Crippen molar-refractivity contribution in [3.05, 3.63) is 46.6 Å². The maximum absolute atomic E-state index is 5.84. The third kappa shape index (κ3) is 2.52. The molecule has 0 atom stereocenters. The van der Waals surface area contributed by atoms with E-state index in [-0.39, 0.29) is 0 Å². The Morgan fingerprint density at radius 2 is 1.94 bits per heavy atom. The molecule has 1 aromatic carbocycles. The molecule has 0 bridgehead atoms. The van der Waals surface area contributed by atoms with Crippen LogP contribution >= 0.6 is 15.9 Å². The molecule has 0 radical (unpaired) electrons. The van der Waals surface area contributed by atoms with E-state index in [0.717, 1.165) is 10.2 Å². The van der Waals surface area contributed by atoms with Gasteiger partial charge in [-0.15, -0.1) is 0 Å². The number of nitrogens with two attached hydrogens (primary N) is 1. The van der Waals surface area contributed by atoms with Gasteiger partial charge in [0.05, 0.1) is 5.69 Å². The summed E-state index contributed by atoms with van der Waals surface area (Å²) in [5, 5.41) is 3.17. The van der Waals surface area contributed by atoms with Crippen molar-refractivity contribution >= 4 is 33.1 Å². The molecule has 0 aliphatic rings. The van der Waals surface area contributed by atoms with E-state index in [2.05, 4.69) is 33.2 Å². The number of anilines is 3. The lowest BCUT2D eigenvalue weighted by Gasteiger charge is -2.08. The highest BCUT2D eigenvalue weighted by atomic mass is 79.9. The summed E-state index contributed by atoms with van der Waals surface area (Å²) in [7, 11) is 0. The van der Waals surface area contributed by atoms with Gasteiger partial charge < -0.3 is 11.1 Å². The summed E-state index contributed by atoms with van der Waals surface area (Å²) in [4.78, 5) is 4.21. The number of rotatable bonds is 2. The first-order valence-electron chi connectivity index (χ1n) is 4.90. The second-order valence-corrected chi connectivity index (χ2v) is 4.50. The Bertz CT molecular complexity index is 494. The first kappa shape index (κ1) is 11.0. The van der Waals surface area contributed by atoms with Crippen LogP contribution in [0.3, 0.4) is 0 Å². The van der Waals surface area contributed by atoms with Crippen LogP contribution in [0.5, 0.6) is 0 Å². The van der Waals surface area contributed by atoms with E-state index in [1.165, 1.54) is 5.56 Å². The van der Waals surface area contributed by atoms with Crippen LogP contribution in [0.2, 0.25) is 0 Å². The number of nitrogen functional groups attached to an aromatic ring is 1. The lowest BCUT2D eigenvalue weighted by molar-refractivity contribution is 1.29. The van der Waals surface area contributed by atoms with Gasteiger partial charge in [0.2, 0.25) is 0 Å². The fraction of sp³-hybridized carbons (Fsp3) is 0.0833. The Morgan fingerprint density at radius 1 is 1.25 bits per heavy atom. The largest absolute Gasteiger partial charge is 0.396 e. The summed E-state index contributed by atoms with van der Waals surface area (Å²) in [6.07, 6.45) is 1.72. The van der Waals surface area contributed by atoms with E-state index in [1.54, 1.807) is 6.20 Å². The zero-order chi connectivity index (χ0) is 11.5. The molecule has 16 heavy (non-hydrogen) atoms. The Balaban J connectivity index is 2.23. The van der Waals surface area contributed by atoms with Crippen molar-refractivity contribution in [3.63, 3.8) is 0 Å². The Labute approximate surface area is 103 Å². The highest BCUT2D eigenvalue weighted by Crippen LogP contribution is 2.23. The molecule has 0 spiro atoms. The fourth-order valence-corrected chi connectivity index (χ4v) is 1.68. The molecule has 0 aliphatic carbocycles. The number of nitrogens with zero attached hydrogens (tertiary/aromatic N) is 1. The standard InChI is InChI=1S/C12H12BrN3/c1-8-2-4-10(5-3-8)16-12-11(14)6-9(13)7-15-12/h2-7H,14H2,1H3,(H,15,16). The first-order valence-corrected chi connectivity index (χ1v) is 5.69. The summed E-state index contributed by atoms with van der Waals surface area (Å²) in [5.41, 5.74) is 8.67. The van der Waals surface area contributed by atoms with E-state index in [9.17, 15) is 0 Å². The van der Waals surface area contributed by atoms with Gasteiger partial charge in [0, 0.05) is 16.4 Å². The number of aromatic nitrogens is 1. The molecule has 3 N–H and O–H groups in total. The smallest absolute Gasteiger partial charge is 0.153 e. The summed E-state index contributed by atoms with van der Waals surface area (Å²) < 4.78 is 0.874. The average Bonchev–Trinajstić information content (AvgIpc) is 2.25. The Hall–Kier alpha value is -1.55.